The Hall–Kier alpha value is -2.57. The van der Waals surface area contributed by atoms with Crippen LogP contribution in [0.5, 0.6) is 11.5 Å². The molecule has 164 valence electrons. The SMILES string of the molecule is COc1ccc(-c2nc3cc(Cl)ccc3c(=O)n2CC2CCCC(CN)C2)cc1OC. The highest BCUT2D eigenvalue weighted by molar-refractivity contribution is 6.31. The van der Waals surface area contributed by atoms with E-state index in [2.05, 4.69) is 0 Å². The van der Waals surface area contributed by atoms with Gasteiger partial charge in [-0.05, 0) is 74.0 Å². The molecule has 1 aliphatic carbocycles. The summed E-state index contributed by atoms with van der Waals surface area (Å²) in [5, 5.41) is 1.12. The van der Waals surface area contributed by atoms with E-state index < -0.39 is 0 Å². The van der Waals surface area contributed by atoms with Gasteiger partial charge >= 0.3 is 0 Å². The van der Waals surface area contributed by atoms with Crippen LogP contribution in [-0.2, 0) is 6.54 Å². The summed E-state index contributed by atoms with van der Waals surface area (Å²) in [5.41, 5.74) is 7.26. The molecular weight excluding hydrogens is 414 g/mol. The van der Waals surface area contributed by atoms with E-state index in [4.69, 9.17) is 31.8 Å². The van der Waals surface area contributed by atoms with Crippen LogP contribution in [0.2, 0.25) is 5.02 Å². The highest BCUT2D eigenvalue weighted by Crippen LogP contribution is 2.34. The van der Waals surface area contributed by atoms with Gasteiger partial charge in [0.05, 0.1) is 25.1 Å². The second-order valence-corrected chi connectivity index (χ2v) is 8.65. The fourth-order valence-electron chi connectivity index (χ4n) is 4.60. The minimum Gasteiger partial charge on any atom is -0.493 e. The summed E-state index contributed by atoms with van der Waals surface area (Å²) < 4.78 is 12.7. The van der Waals surface area contributed by atoms with E-state index in [9.17, 15) is 4.79 Å². The summed E-state index contributed by atoms with van der Waals surface area (Å²) >= 11 is 6.19. The van der Waals surface area contributed by atoms with Crippen molar-refractivity contribution in [2.45, 2.75) is 32.2 Å². The molecule has 6 nitrogen and oxygen atoms in total. The smallest absolute Gasteiger partial charge is 0.261 e. The molecule has 7 heteroatoms. The van der Waals surface area contributed by atoms with Gasteiger partial charge in [0.25, 0.3) is 5.56 Å². The first-order chi connectivity index (χ1) is 15.0. The van der Waals surface area contributed by atoms with Crippen molar-refractivity contribution in [3.63, 3.8) is 0 Å². The molecule has 1 aliphatic rings. The molecule has 0 amide bonds. The van der Waals surface area contributed by atoms with Crippen molar-refractivity contribution < 1.29 is 9.47 Å². The highest BCUT2D eigenvalue weighted by atomic mass is 35.5. The Balaban J connectivity index is 1.86. The molecule has 0 saturated heterocycles. The monoisotopic (exact) mass is 441 g/mol. The maximum atomic E-state index is 13.5. The quantitative estimate of drug-likeness (QED) is 0.609. The van der Waals surface area contributed by atoms with Crippen molar-refractivity contribution >= 4 is 22.5 Å². The average Bonchev–Trinajstić information content (AvgIpc) is 2.80. The standard InChI is InChI=1S/C24H28ClN3O3/c1-30-21-9-6-17(11-22(21)31-2)23-27-20-12-18(25)7-8-19(20)24(29)28(23)14-16-5-3-4-15(10-16)13-26/h6-9,11-12,15-16H,3-5,10,13-14,26H2,1-2H3. The Morgan fingerprint density at radius 3 is 2.61 bits per heavy atom. The number of methoxy groups -OCH3 is 2. The molecule has 0 aliphatic heterocycles. The zero-order valence-corrected chi connectivity index (χ0v) is 18.7. The number of hydrogen-bond acceptors (Lipinski definition) is 5. The summed E-state index contributed by atoms with van der Waals surface area (Å²) in [5.74, 6) is 2.74. The third-order valence-corrected chi connectivity index (χ3v) is 6.46. The van der Waals surface area contributed by atoms with Gasteiger partial charge in [0.1, 0.15) is 5.82 Å². The zero-order valence-electron chi connectivity index (χ0n) is 17.9. The first-order valence-electron chi connectivity index (χ1n) is 10.7. The minimum absolute atomic E-state index is 0.0543. The van der Waals surface area contributed by atoms with E-state index in [1.165, 1.54) is 6.42 Å². The molecular formula is C24H28ClN3O3. The topological polar surface area (TPSA) is 79.4 Å². The molecule has 1 aromatic heterocycles. The Labute approximate surface area is 186 Å². The third kappa shape index (κ3) is 4.41. The van der Waals surface area contributed by atoms with E-state index in [0.29, 0.717) is 58.2 Å². The number of benzene rings is 2. The lowest BCUT2D eigenvalue weighted by Gasteiger charge is -2.29. The van der Waals surface area contributed by atoms with E-state index in [1.807, 2.05) is 18.2 Å². The predicted octanol–water partition coefficient (Wildman–Crippen LogP) is 4.50. The Morgan fingerprint density at radius 2 is 1.87 bits per heavy atom. The van der Waals surface area contributed by atoms with Crippen molar-refractivity contribution in [1.29, 1.82) is 0 Å². The second kappa shape index (κ2) is 9.28. The van der Waals surface area contributed by atoms with Crippen LogP contribution in [0.15, 0.2) is 41.2 Å². The normalized spacial score (nSPS) is 18.8. The molecule has 0 bridgehead atoms. The number of halogens is 1. The summed E-state index contributed by atoms with van der Waals surface area (Å²) in [7, 11) is 3.19. The average molecular weight is 442 g/mol. The van der Waals surface area contributed by atoms with Gasteiger partial charge in [-0.2, -0.15) is 0 Å². The van der Waals surface area contributed by atoms with Crippen LogP contribution in [0.25, 0.3) is 22.3 Å². The van der Waals surface area contributed by atoms with E-state index in [1.54, 1.807) is 37.0 Å². The zero-order chi connectivity index (χ0) is 22.0. The van der Waals surface area contributed by atoms with Crippen molar-refractivity contribution in [3.8, 4) is 22.9 Å². The molecule has 0 radical (unpaired) electrons. The van der Waals surface area contributed by atoms with Crippen LogP contribution in [0.1, 0.15) is 25.7 Å². The Morgan fingerprint density at radius 1 is 1.10 bits per heavy atom. The third-order valence-electron chi connectivity index (χ3n) is 6.22. The van der Waals surface area contributed by atoms with E-state index in [0.717, 1.165) is 24.8 Å². The molecule has 31 heavy (non-hydrogen) atoms. The van der Waals surface area contributed by atoms with Crippen LogP contribution in [0.4, 0.5) is 0 Å². The minimum atomic E-state index is -0.0543. The Kier molecular flexibility index (Phi) is 6.49. The molecule has 0 spiro atoms. The van der Waals surface area contributed by atoms with E-state index in [-0.39, 0.29) is 5.56 Å². The molecule has 2 N–H and O–H groups in total. The lowest BCUT2D eigenvalue weighted by Crippen LogP contribution is -2.30. The van der Waals surface area contributed by atoms with Gasteiger partial charge in [-0.15, -0.1) is 0 Å². The van der Waals surface area contributed by atoms with Crippen LogP contribution in [-0.4, -0.2) is 30.3 Å². The Bertz CT molecular complexity index is 1140. The van der Waals surface area contributed by atoms with Gasteiger partial charge in [0, 0.05) is 17.1 Å². The largest absolute Gasteiger partial charge is 0.493 e. The molecule has 1 saturated carbocycles. The molecule has 4 rings (SSSR count). The first kappa shape index (κ1) is 21.7. The maximum Gasteiger partial charge on any atom is 0.261 e. The molecule has 3 aromatic rings. The number of nitrogens with zero attached hydrogens (tertiary/aromatic N) is 2. The molecule has 2 unspecified atom stereocenters. The number of nitrogens with two attached hydrogens (primary N) is 1. The number of ether oxygens (including phenoxy) is 2. The van der Waals surface area contributed by atoms with Gasteiger partial charge in [0.15, 0.2) is 11.5 Å². The van der Waals surface area contributed by atoms with Crippen LogP contribution < -0.4 is 20.8 Å². The summed E-state index contributed by atoms with van der Waals surface area (Å²) in [6.07, 6.45) is 4.43. The van der Waals surface area contributed by atoms with Crippen LogP contribution in [0, 0.1) is 11.8 Å². The van der Waals surface area contributed by atoms with Crippen molar-refractivity contribution in [2.24, 2.45) is 17.6 Å². The van der Waals surface area contributed by atoms with Crippen molar-refractivity contribution in [3.05, 3.63) is 51.8 Å². The molecule has 2 atom stereocenters. The van der Waals surface area contributed by atoms with Gasteiger partial charge < -0.3 is 15.2 Å². The second-order valence-electron chi connectivity index (χ2n) is 8.22. The summed E-state index contributed by atoms with van der Waals surface area (Å²) in [6.45, 7) is 1.31. The number of hydrogen-bond donors (Lipinski definition) is 1. The predicted molar refractivity (Wildman–Crippen MR) is 124 cm³/mol. The van der Waals surface area contributed by atoms with Gasteiger partial charge in [-0.1, -0.05) is 18.0 Å². The molecule has 2 aromatic carbocycles. The van der Waals surface area contributed by atoms with Gasteiger partial charge in [0.2, 0.25) is 0 Å². The number of aromatic nitrogens is 2. The number of rotatable bonds is 6. The summed E-state index contributed by atoms with van der Waals surface area (Å²) in [4.78, 5) is 18.4. The maximum absolute atomic E-state index is 13.5. The number of fused-ring (bicyclic) bond motifs is 1. The van der Waals surface area contributed by atoms with Crippen LogP contribution >= 0.6 is 11.6 Å². The van der Waals surface area contributed by atoms with Crippen molar-refractivity contribution in [2.75, 3.05) is 20.8 Å². The first-order valence-corrected chi connectivity index (χ1v) is 11.0. The summed E-state index contributed by atoms with van der Waals surface area (Å²) in [6, 6.07) is 10.8. The van der Waals surface area contributed by atoms with Gasteiger partial charge in [-0.3, -0.25) is 9.36 Å². The highest BCUT2D eigenvalue weighted by Gasteiger charge is 2.24. The van der Waals surface area contributed by atoms with E-state index >= 15 is 0 Å². The lowest BCUT2D eigenvalue weighted by atomic mass is 9.81. The molecule has 1 heterocycles. The fraction of sp³-hybridized carbons (Fsp3) is 0.417. The lowest BCUT2D eigenvalue weighted by molar-refractivity contribution is 0.246. The fourth-order valence-corrected chi connectivity index (χ4v) is 4.77. The van der Waals surface area contributed by atoms with Gasteiger partial charge in [-0.25, -0.2) is 4.98 Å². The van der Waals surface area contributed by atoms with Crippen molar-refractivity contribution in [1.82, 2.24) is 9.55 Å². The molecule has 1 fully saturated rings. The van der Waals surface area contributed by atoms with Crippen LogP contribution in [0.3, 0.4) is 0 Å².